The number of aliphatic hydroxyl groups is 1. The summed E-state index contributed by atoms with van der Waals surface area (Å²) < 4.78 is 3.42. The Labute approximate surface area is 97.3 Å². The second kappa shape index (κ2) is 4.15. The Morgan fingerprint density at radius 2 is 1.64 bits per heavy atom. The van der Waals surface area contributed by atoms with Gasteiger partial charge in [0, 0.05) is 0 Å². The molecule has 0 fully saturated rings. The number of alkyl halides is 3. The molecule has 1 N–H and O–H groups in total. The summed E-state index contributed by atoms with van der Waals surface area (Å²) in [5.41, 5.74) is 0. The van der Waals surface area contributed by atoms with E-state index in [2.05, 4.69) is 0 Å². The van der Waals surface area contributed by atoms with Crippen molar-refractivity contribution in [2.45, 2.75) is 16.5 Å². The van der Waals surface area contributed by atoms with Crippen LogP contribution in [0.5, 0.6) is 5.75 Å². The molecule has 2 nitrogen and oxygen atoms in total. The predicted octanol–water partition coefficient (Wildman–Crippen LogP) is 3.14. The first-order valence-electron chi connectivity index (χ1n) is 3.86. The Morgan fingerprint density at radius 3 is 2.07 bits per heavy atom. The van der Waals surface area contributed by atoms with Crippen molar-refractivity contribution in [1.82, 2.24) is 0 Å². The SMILES string of the molecule is CC(Cl)(Cl)C(O)(Cl)Oc1ccccc1. The molecule has 1 unspecified atom stereocenters. The molecule has 0 radical (unpaired) electrons. The Hall–Kier alpha value is -0.150. The van der Waals surface area contributed by atoms with E-state index in [1.165, 1.54) is 6.92 Å². The standard InChI is InChI=1S/C9H9Cl3O2/c1-8(10,11)9(12,13)14-7-5-3-2-4-6-7/h2-6,13H,1H3. The van der Waals surface area contributed by atoms with Crippen molar-refractivity contribution < 1.29 is 9.84 Å². The van der Waals surface area contributed by atoms with Crippen molar-refractivity contribution in [1.29, 1.82) is 0 Å². The average Bonchev–Trinajstić information content (AvgIpc) is 2.03. The van der Waals surface area contributed by atoms with Gasteiger partial charge in [-0.2, -0.15) is 0 Å². The van der Waals surface area contributed by atoms with E-state index in [0.29, 0.717) is 5.75 Å². The first-order valence-corrected chi connectivity index (χ1v) is 4.99. The fourth-order valence-electron chi connectivity index (χ4n) is 0.734. The van der Waals surface area contributed by atoms with Gasteiger partial charge in [0.2, 0.25) is 0 Å². The molecule has 14 heavy (non-hydrogen) atoms. The summed E-state index contributed by atoms with van der Waals surface area (Å²) in [5.74, 6) is 0.387. The number of hydrogen-bond donors (Lipinski definition) is 1. The third kappa shape index (κ3) is 2.92. The molecule has 0 amide bonds. The fraction of sp³-hybridized carbons (Fsp3) is 0.333. The molecular weight excluding hydrogens is 246 g/mol. The predicted molar refractivity (Wildman–Crippen MR) is 58.0 cm³/mol. The summed E-state index contributed by atoms with van der Waals surface area (Å²) in [6.45, 7) is 1.34. The average molecular weight is 256 g/mol. The molecule has 0 saturated carbocycles. The normalized spacial score (nSPS) is 16.1. The van der Waals surface area contributed by atoms with Crippen molar-refractivity contribution in [3.05, 3.63) is 30.3 Å². The zero-order chi connectivity index (χ0) is 10.8. The van der Waals surface area contributed by atoms with E-state index in [1.54, 1.807) is 30.3 Å². The lowest BCUT2D eigenvalue weighted by molar-refractivity contribution is -0.0696. The van der Waals surface area contributed by atoms with Gasteiger partial charge < -0.3 is 9.84 Å². The molecule has 0 saturated heterocycles. The molecule has 5 heteroatoms. The maximum absolute atomic E-state index is 9.58. The van der Waals surface area contributed by atoms with Crippen LogP contribution in [0.4, 0.5) is 0 Å². The highest BCUT2D eigenvalue weighted by Gasteiger charge is 2.46. The third-order valence-electron chi connectivity index (χ3n) is 1.54. The zero-order valence-electron chi connectivity index (χ0n) is 7.38. The van der Waals surface area contributed by atoms with E-state index in [4.69, 9.17) is 39.5 Å². The Kier molecular flexibility index (Phi) is 3.53. The highest BCUT2D eigenvalue weighted by Crippen LogP contribution is 2.38. The summed E-state index contributed by atoms with van der Waals surface area (Å²) in [4.78, 5) is 0. The molecule has 1 aromatic rings. The highest BCUT2D eigenvalue weighted by molar-refractivity contribution is 6.52. The van der Waals surface area contributed by atoms with Crippen LogP contribution in [-0.4, -0.2) is 14.7 Å². The summed E-state index contributed by atoms with van der Waals surface area (Å²) in [5, 5.41) is 7.43. The summed E-state index contributed by atoms with van der Waals surface area (Å²) >= 11 is 16.9. The van der Waals surface area contributed by atoms with Crippen LogP contribution in [-0.2, 0) is 0 Å². The van der Waals surface area contributed by atoms with Gasteiger partial charge in [-0.1, -0.05) is 41.4 Å². The molecule has 0 aliphatic carbocycles. The molecule has 78 valence electrons. The lowest BCUT2D eigenvalue weighted by atomic mass is 10.3. The Bertz CT molecular complexity index is 293. The number of halogens is 3. The first-order chi connectivity index (χ1) is 6.33. The number of benzene rings is 1. The van der Waals surface area contributed by atoms with Crippen LogP contribution in [0.2, 0.25) is 0 Å². The largest absolute Gasteiger partial charge is 0.446 e. The molecule has 1 rings (SSSR count). The number of ether oxygens (including phenoxy) is 1. The Morgan fingerprint density at radius 1 is 1.14 bits per heavy atom. The van der Waals surface area contributed by atoms with Gasteiger partial charge in [0.05, 0.1) is 0 Å². The molecule has 0 aliphatic rings. The quantitative estimate of drug-likeness (QED) is 0.664. The maximum Gasteiger partial charge on any atom is 0.322 e. The van der Waals surface area contributed by atoms with Crippen molar-refractivity contribution in [3.63, 3.8) is 0 Å². The van der Waals surface area contributed by atoms with Crippen molar-refractivity contribution in [3.8, 4) is 5.75 Å². The second-order valence-corrected chi connectivity index (χ2v) is 5.08. The van der Waals surface area contributed by atoms with Gasteiger partial charge in [0.15, 0.2) is 4.33 Å². The Balaban J connectivity index is 2.79. The highest BCUT2D eigenvalue weighted by atomic mass is 35.5. The lowest BCUT2D eigenvalue weighted by Crippen LogP contribution is -2.44. The van der Waals surface area contributed by atoms with Crippen molar-refractivity contribution >= 4 is 34.8 Å². The summed E-state index contributed by atoms with van der Waals surface area (Å²) in [6, 6.07) is 8.55. The van der Waals surface area contributed by atoms with Gasteiger partial charge in [-0.05, 0) is 30.7 Å². The second-order valence-electron chi connectivity index (χ2n) is 2.86. The third-order valence-corrected chi connectivity index (χ3v) is 2.70. The van der Waals surface area contributed by atoms with Crippen LogP contribution in [0.15, 0.2) is 30.3 Å². The molecule has 0 spiro atoms. The minimum absolute atomic E-state index is 0.387. The molecule has 0 aromatic heterocycles. The zero-order valence-corrected chi connectivity index (χ0v) is 9.64. The number of hydrogen-bond acceptors (Lipinski definition) is 2. The molecule has 0 aliphatic heterocycles. The van der Waals surface area contributed by atoms with E-state index in [9.17, 15) is 5.11 Å². The van der Waals surface area contributed by atoms with Gasteiger partial charge in [-0.25, -0.2) is 0 Å². The van der Waals surface area contributed by atoms with E-state index in [0.717, 1.165) is 0 Å². The topological polar surface area (TPSA) is 29.5 Å². The van der Waals surface area contributed by atoms with Gasteiger partial charge in [0.1, 0.15) is 5.75 Å². The van der Waals surface area contributed by atoms with Crippen LogP contribution in [0.1, 0.15) is 6.92 Å². The number of para-hydroxylation sites is 1. The van der Waals surface area contributed by atoms with Crippen LogP contribution in [0.3, 0.4) is 0 Å². The maximum atomic E-state index is 9.58. The van der Waals surface area contributed by atoms with Gasteiger partial charge in [-0.3, -0.25) is 0 Å². The van der Waals surface area contributed by atoms with E-state index in [-0.39, 0.29) is 0 Å². The molecule has 1 aromatic carbocycles. The molecule has 0 bridgehead atoms. The lowest BCUT2D eigenvalue weighted by Gasteiger charge is -2.30. The summed E-state index contributed by atoms with van der Waals surface area (Å²) in [6.07, 6.45) is 0. The van der Waals surface area contributed by atoms with E-state index in [1.807, 2.05) is 0 Å². The van der Waals surface area contributed by atoms with Crippen molar-refractivity contribution in [2.24, 2.45) is 0 Å². The first kappa shape index (κ1) is 11.9. The van der Waals surface area contributed by atoms with Gasteiger partial charge >= 0.3 is 5.25 Å². The van der Waals surface area contributed by atoms with Crippen LogP contribution in [0.25, 0.3) is 0 Å². The molecule has 0 heterocycles. The monoisotopic (exact) mass is 254 g/mol. The minimum atomic E-state index is -2.16. The van der Waals surface area contributed by atoms with E-state index < -0.39 is 9.58 Å². The number of rotatable bonds is 3. The van der Waals surface area contributed by atoms with Crippen LogP contribution in [0, 0.1) is 0 Å². The molecular formula is C9H9Cl3O2. The van der Waals surface area contributed by atoms with Crippen molar-refractivity contribution in [2.75, 3.05) is 0 Å². The smallest absolute Gasteiger partial charge is 0.322 e. The van der Waals surface area contributed by atoms with E-state index >= 15 is 0 Å². The van der Waals surface area contributed by atoms with Crippen LogP contribution < -0.4 is 4.74 Å². The summed E-state index contributed by atoms with van der Waals surface area (Å²) in [7, 11) is 0. The van der Waals surface area contributed by atoms with Gasteiger partial charge in [0.25, 0.3) is 0 Å². The van der Waals surface area contributed by atoms with Gasteiger partial charge in [-0.15, -0.1) is 0 Å². The minimum Gasteiger partial charge on any atom is -0.446 e. The molecule has 1 atom stereocenters. The van der Waals surface area contributed by atoms with Crippen LogP contribution >= 0.6 is 34.8 Å². The fourth-order valence-corrected chi connectivity index (χ4v) is 0.901.